The van der Waals surface area contributed by atoms with Crippen molar-refractivity contribution in [3.8, 4) is 0 Å². The highest BCUT2D eigenvalue weighted by molar-refractivity contribution is 6.04. The molecule has 0 aliphatic rings. The van der Waals surface area contributed by atoms with Crippen LogP contribution in [0.5, 0.6) is 0 Å². The number of H-pyrrole nitrogens is 1. The Kier molecular flexibility index (Phi) is 6.74. The molecular formula is C24H27N3O4. The van der Waals surface area contributed by atoms with Gasteiger partial charge in [0.05, 0.1) is 16.8 Å². The number of hydrogen-bond donors (Lipinski definition) is 3. The van der Waals surface area contributed by atoms with Gasteiger partial charge in [0.25, 0.3) is 11.8 Å². The Morgan fingerprint density at radius 3 is 2.55 bits per heavy atom. The van der Waals surface area contributed by atoms with E-state index in [0.717, 1.165) is 22.2 Å². The fourth-order valence-electron chi connectivity index (χ4n) is 3.17. The van der Waals surface area contributed by atoms with E-state index in [0.29, 0.717) is 29.3 Å². The van der Waals surface area contributed by atoms with E-state index >= 15 is 0 Å². The van der Waals surface area contributed by atoms with Crippen LogP contribution in [0.15, 0.2) is 42.5 Å². The molecule has 3 rings (SSSR count). The molecule has 0 fully saturated rings. The highest BCUT2D eigenvalue weighted by Crippen LogP contribution is 2.22. The highest BCUT2D eigenvalue weighted by Gasteiger charge is 2.16. The van der Waals surface area contributed by atoms with Crippen molar-refractivity contribution in [2.24, 2.45) is 5.92 Å². The highest BCUT2D eigenvalue weighted by atomic mass is 16.5. The monoisotopic (exact) mass is 421 g/mol. The number of amides is 2. The van der Waals surface area contributed by atoms with Crippen LogP contribution in [-0.2, 0) is 9.53 Å². The molecule has 0 unspecified atom stereocenters. The summed E-state index contributed by atoms with van der Waals surface area (Å²) in [7, 11) is 0. The van der Waals surface area contributed by atoms with Crippen molar-refractivity contribution in [3.05, 3.63) is 64.8 Å². The van der Waals surface area contributed by atoms with E-state index < -0.39 is 18.5 Å². The number of para-hydroxylation sites is 1. The molecule has 7 nitrogen and oxygen atoms in total. The largest absolute Gasteiger partial charge is 0.452 e. The lowest BCUT2D eigenvalue weighted by Gasteiger charge is -2.12. The van der Waals surface area contributed by atoms with E-state index in [4.69, 9.17) is 4.74 Å². The average Bonchev–Trinajstić information content (AvgIpc) is 3.03. The maximum absolute atomic E-state index is 12.4. The lowest BCUT2D eigenvalue weighted by atomic mass is 10.1. The van der Waals surface area contributed by atoms with E-state index in [1.54, 1.807) is 36.4 Å². The number of carbonyl (C=O) groups excluding carboxylic acids is 3. The normalized spacial score (nSPS) is 10.9. The molecule has 0 aliphatic heterocycles. The molecule has 0 atom stereocenters. The van der Waals surface area contributed by atoms with Crippen molar-refractivity contribution in [2.45, 2.75) is 27.7 Å². The number of aryl methyl sites for hydroxylation is 2. The lowest BCUT2D eigenvalue weighted by Crippen LogP contribution is -2.29. The number of hydrogen-bond acceptors (Lipinski definition) is 4. The van der Waals surface area contributed by atoms with Crippen molar-refractivity contribution >= 4 is 34.4 Å². The molecule has 0 spiro atoms. The number of carbonyl (C=O) groups is 3. The van der Waals surface area contributed by atoms with E-state index in [9.17, 15) is 14.4 Å². The summed E-state index contributed by atoms with van der Waals surface area (Å²) in [5.41, 5.74) is 4.13. The minimum atomic E-state index is -0.585. The van der Waals surface area contributed by atoms with Gasteiger partial charge in [0.2, 0.25) is 0 Å². The van der Waals surface area contributed by atoms with Gasteiger partial charge in [-0.1, -0.05) is 26.0 Å². The van der Waals surface area contributed by atoms with Crippen molar-refractivity contribution < 1.29 is 19.1 Å². The van der Waals surface area contributed by atoms with Crippen LogP contribution in [0.3, 0.4) is 0 Å². The standard InChI is InChI=1S/C24H27N3O4/c1-14(2)12-25-23(29)18-7-5-6-8-20(18)27-22(28)13-31-24(30)17-9-10-21-19(11-17)15(3)16(4)26-21/h5-11,14,26H,12-13H2,1-4H3,(H,25,29)(H,27,28). The molecule has 2 aromatic carbocycles. The molecular weight excluding hydrogens is 394 g/mol. The van der Waals surface area contributed by atoms with Gasteiger partial charge >= 0.3 is 5.97 Å². The summed E-state index contributed by atoms with van der Waals surface area (Å²) >= 11 is 0. The third kappa shape index (κ3) is 5.31. The number of aromatic nitrogens is 1. The zero-order valence-corrected chi connectivity index (χ0v) is 18.2. The number of anilines is 1. The first-order valence-electron chi connectivity index (χ1n) is 10.2. The fraction of sp³-hybridized carbons (Fsp3) is 0.292. The van der Waals surface area contributed by atoms with Crippen LogP contribution < -0.4 is 10.6 Å². The van der Waals surface area contributed by atoms with Crippen LogP contribution in [0.4, 0.5) is 5.69 Å². The number of ether oxygens (including phenoxy) is 1. The van der Waals surface area contributed by atoms with Crippen molar-refractivity contribution in [1.29, 1.82) is 0 Å². The van der Waals surface area contributed by atoms with Gasteiger partial charge < -0.3 is 20.4 Å². The first-order chi connectivity index (χ1) is 14.8. The molecule has 0 bridgehead atoms. The van der Waals surface area contributed by atoms with Crippen LogP contribution in [-0.4, -0.2) is 35.9 Å². The third-order valence-electron chi connectivity index (χ3n) is 4.99. The van der Waals surface area contributed by atoms with Gasteiger partial charge in [-0.2, -0.15) is 0 Å². The molecule has 1 aromatic heterocycles. The van der Waals surface area contributed by atoms with Crippen molar-refractivity contribution in [2.75, 3.05) is 18.5 Å². The molecule has 31 heavy (non-hydrogen) atoms. The summed E-state index contributed by atoms with van der Waals surface area (Å²) in [5, 5.41) is 6.41. The molecule has 1 heterocycles. The average molecular weight is 421 g/mol. The zero-order chi connectivity index (χ0) is 22.5. The predicted octanol–water partition coefficient (Wildman–Crippen LogP) is 3.97. The molecule has 0 radical (unpaired) electrons. The van der Waals surface area contributed by atoms with Gasteiger partial charge in [0.15, 0.2) is 6.61 Å². The summed E-state index contributed by atoms with van der Waals surface area (Å²) in [6, 6.07) is 11.9. The van der Waals surface area contributed by atoms with Gasteiger partial charge in [-0.05, 0) is 55.7 Å². The Morgan fingerprint density at radius 1 is 1.06 bits per heavy atom. The third-order valence-corrected chi connectivity index (χ3v) is 4.99. The fourth-order valence-corrected chi connectivity index (χ4v) is 3.17. The number of aromatic amines is 1. The smallest absolute Gasteiger partial charge is 0.338 e. The first kappa shape index (κ1) is 22.1. The van der Waals surface area contributed by atoms with E-state index in [2.05, 4.69) is 15.6 Å². The molecule has 0 saturated heterocycles. The van der Waals surface area contributed by atoms with E-state index in [1.165, 1.54) is 0 Å². The minimum absolute atomic E-state index is 0.271. The minimum Gasteiger partial charge on any atom is -0.452 e. The Hall–Kier alpha value is -3.61. The molecule has 3 aromatic rings. The first-order valence-corrected chi connectivity index (χ1v) is 10.2. The number of fused-ring (bicyclic) bond motifs is 1. The van der Waals surface area contributed by atoms with Crippen LogP contribution in [0.2, 0.25) is 0 Å². The van der Waals surface area contributed by atoms with Gasteiger partial charge in [-0.3, -0.25) is 9.59 Å². The quantitative estimate of drug-likeness (QED) is 0.503. The SMILES string of the molecule is Cc1[nH]c2ccc(C(=O)OCC(=O)Nc3ccccc3C(=O)NCC(C)C)cc2c1C. The van der Waals surface area contributed by atoms with Gasteiger partial charge in [0, 0.05) is 23.1 Å². The Balaban J connectivity index is 1.62. The van der Waals surface area contributed by atoms with Gasteiger partial charge in [-0.15, -0.1) is 0 Å². The van der Waals surface area contributed by atoms with Gasteiger partial charge in [0.1, 0.15) is 0 Å². The Morgan fingerprint density at radius 2 is 1.81 bits per heavy atom. The predicted molar refractivity (Wildman–Crippen MR) is 120 cm³/mol. The van der Waals surface area contributed by atoms with Crippen molar-refractivity contribution in [1.82, 2.24) is 10.3 Å². The summed E-state index contributed by atoms with van der Waals surface area (Å²) in [6.07, 6.45) is 0. The van der Waals surface area contributed by atoms with Crippen molar-refractivity contribution in [3.63, 3.8) is 0 Å². The number of nitrogens with one attached hydrogen (secondary N) is 3. The summed E-state index contributed by atoms with van der Waals surface area (Å²) in [4.78, 5) is 40.4. The maximum atomic E-state index is 12.4. The van der Waals surface area contributed by atoms with Gasteiger partial charge in [-0.25, -0.2) is 4.79 Å². The number of esters is 1. The second-order valence-corrected chi connectivity index (χ2v) is 7.91. The Bertz CT molecular complexity index is 1130. The van der Waals surface area contributed by atoms with Crippen LogP contribution in [0.25, 0.3) is 10.9 Å². The number of benzene rings is 2. The molecule has 0 aliphatic carbocycles. The second kappa shape index (κ2) is 9.47. The lowest BCUT2D eigenvalue weighted by molar-refractivity contribution is -0.119. The molecule has 2 amide bonds. The van der Waals surface area contributed by atoms with E-state index in [1.807, 2.05) is 33.8 Å². The van der Waals surface area contributed by atoms with Crippen LogP contribution >= 0.6 is 0 Å². The Labute approximate surface area is 181 Å². The molecule has 3 N–H and O–H groups in total. The topological polar surface area (TPSA) is 100 Å². The summed E-state index contributed by atoms with van der Waals surface area (Å²) < 4.78 is 5.18. The molecule has 162 valence electrons. The maximum Gasteiger partial charge on any atom is 0.338 e. The van der Waals surface area contributed by atoms with Crippen LogP contribution in [0, 0.1) is 19.8 Å². The summed E-state index contributed by atoms with van der Waals surface area (Å²) in [5.74, 6) is -1.07. The second-order valence-electron chi connectivity index (χ2n) is 7.91. The summed E-state index contributed by atoms with van der Waals surface area (Å²) in [6.45, 7) is 8.02. The molecule has 7 heteroatoms. The zero-order valence-electron chi connectivity index (χ0n) is 18.2. The number of rotatable bonds is 7. The van der Waals surface area contributed by atoms with E-state index in [-0.39, 0.29) is 5.91 Å². The molecule has 0 saturated carbocycles. The van der Waals surface area contributed by atoms with Crippen LogP contribution in [0.1, 0.15) is 45.8 Å².